The molecule has 2 atom stereocenters. The van der Waals surface area contributed by atoms with Gasteiger partial charge in [0.1, 0.15) is 6.10 Å². The Balaban J connectivity index is 1.98. The van der Waals surface area contributed by atoms with Crippen molar-refractivity contribution in [1.82, 2.24) is 0 Å². The summed E-state index contributed by atoms with van der Waals surface area (Å²) in [6.07, 6.45) is 26.2. The number of carbonyl (C=O) groups excluding carboxylic acids is 1. The van der Waals surface area contributed by atoms with Crippen molar-refractivity contribution in [2.24, 2.45) is 0 Å². The molecule has 1 saturated heterocycles. The van der Waals surface area contributed by atoms with Crippen LogP contribution in [0.15, 0.2) is 48.6 Å². The number of rotatable bonds is 14. The van der Waals surface area contributed by atoms with Gasteiger partial charge in [-0.05, 0) is 19.8 Å². The molecule has 0 aliphatic carbocycles. The van der Waals surface area contributed by atoms with Crippen LogP contribution in [0.2, 0.25) is 0 Å². The molecule has 0 saturated carbocycles. The normalized spacial score (nSPS) is 20.4. The molecule has 0 bridgehead atoms. The van der Waals surface area contributed by atoms with Gasteiger partial charge in [0.15, 0.2) is 6.10 Å². The number of hydrogen-bond acceptors (Lipinski definition) is 3. The minimum Gasteiger partial charge on any atom is -0.464 e. The molecule has 0 aromatic heterocycles. The molecule has 1 heterocycles. The van der Waals surface area contributed by atoms with Gasteiger partial charge in [0.05, 0.1) is 6.61 Å². The molecule has 140 valence electrons. The van der Waals surface area contributed by atoms with E-state index in [-0.39, 0.29) is 12.1 Å². The SMILES string of the molecule is CCCCCCCCCC=CC=CC=CC=CC1OC1C(=O)OCC. The Morgan fingerprint density at radius 2 is 1.52 bits per heavy atom. The first-order valence-electron chi connectivity index (χ1n) is 9.78. The van der Waals surface area contributed by atoms with E-state index in [1.165, 1.54) is 44.9 Å². The predicted octanol–water partition coefficient (Wildman–Crippen LogP) is 5.68. The van der Waals surface area contributed by atoms with Crippen LogP contribution in [0.4, 0.5) is 0 Å². The highest BCUT2D eigenvalue weighted by Gasteiger charge is 2.44. The second kappa shape index (κ2) is 14.7. The van der Waals surface area contributed by atoms with Gasteiger partial charge in [0, 0.05) is 0 Å². The van der Waals surface area contributed by atoms with Crippen LogP contribution >= 0.6 is 0 Å². The largest absolute Gasteiger partial charge is 0.464 e. The first-order valence-corrected chi connectivity index (χ1v) is 9.78. The quantitative estimate of drug-likeness (QED) is 0.176. The van der Waals surface area contributed by atoms with Crippen LogP contribution in [-0.4, -0.2) is 24.8 Å². The average molecular weight is 347 g/mol. The van der Waals surface area contributed by atoms with Gasteiger partial charge in [-0.3, -0.25) is 0 Å². The highest BCUT2D eigenvalue weighted by molar-refractivity contribution is 5.78. The molecule has 0 N–H and O–H groups in total. The molecule has 0 aromatic carbocycles. The van der Waals surface area contributed by atoms with Crippen LogP contribution in [0.1, 0.15) is 65.2 Å². The van der Waals surface area contributed by atoms with Crippen molar-refractivity contribution < 1.29 is 14.3 Å². The lowest BCUT2D eigenvalue weighted by Gasteiger charge is -1.98. The lowest BCUT2D eigenvalue weighted by atomic mass is 10.1. The maximum atomic E-state index is 11.4. The zero-order chi connectivity index (χ0) is 18.2. The summed E-state index contributed by atoms with van der Waals surface area (Å²) in [7, 11) is 0. The van der Waals surface area contributed by atoms with Crippen molar-refractivity contribution in [2.45, 2.75) is 77.4 Å². The minimum atomic E-state index is -0.408. The molecule has 0 radical (unpaired) electrons. The summed E-state index contributed by atoms with van der Waals surface area (Å²) in [6, 6.07) is 0. The number of allylic oxidation sites excluding steroid dienone is 7. The smallest absolute Gasteiger partial charge is 0.338 e. The van der Waals surface area contributed by atoms with E-state index < -0.39 is 6.10 Å². The Morgan fingerprint density at radius 1 is 0.880 bits per heavy atom. The Labute approximate surface area is 153 Å². The Kier molecular flexibility index (Phi) is 12.6. The van der Waals surface area contributed by atoms with Gasteiger partial charge in [-0.1, -0.05) is 94.1 Å². The third-order valence-electron chi connectivity index (χ3n) is 4.01. The Morgan fingerprint density at radius 3 is 2.24 bits per heavy atom. The standard InChI is InChI=1S/C22H34O3/c1-3-5-6-7-8-9-10-11-12-13-14-15-16-17-18-19-20-21(25-20)22(23)24-4-2/h12-21H,3-11H2,1-2H3. The summed E-state index contributed by atoms with van der Waals surface area (Å²) < 4.78 is 10.1. The lowest BCUT2D eigenvalue weighted by Crippen LogP contribution is -2.12. The van der Waals surface area contributed by atoms with E-state index in [2.05, 4.69) is 19.1 Å². The van der Waals surface area contributed by atoms with Crippen molar-refractivity contribution >= 4 is 5.97 Å². The molecule has 0 aromatic rings. The van der Waals surface area contributed by atoms with E-state index in [1.54, 1.807) is 6.92 Å². The first-order chi connectivity index (χ1) is 12.3. The summed E-state index contributed by atoms with van der Waals surface area (Å²) >= 11 is 0. The summed E-state index contributed by atoms with van der Waals surface area (Å²) in [4.78, 5) is 11.4. The van der Waals surface area contributed by atoms with Gasteiger partial charge >= 0.3 is 5.97 Å². The molecule has 25 heavy (non-hydrogen) atoms. The van der Waals surface area contributed by atoms with Crippen molar-refractivity contribution in [2.75, 3.05) is 6.61 Å². The molecule has 0 spiro atoms. The minimum absolute atomic E-state index is 0.130. The molecule has 1 aliphatic rings. The van der Waals surface area contributed by atoms with Crippen LogP contribution in [0, 0.1) is 0 Å². The number of unbranched alkanes of at least 4 members (excludes halogenated alkanes) is 7. The summed E-state index contributed by atoms with van der Waals surface area (Å²) in [5.74, 6) is -0.271. The zero-order valence-corrected chi connectivity index (χ0v) is 15.9. The summed E-state index contributed by atoms with van der Waals surface area (Å²) in [5.41, 5.74) is 0. The van der Waals surface area contributed by atoms with Gasteiger partial charge in [-0.25, -0.2) is 4.79 Å². The van der Waals surface area contributed by atoms with Gasteiger partial charge in [0.2, 0.25) is 0 Å². The third-order valence-corrected chi connectivity index (χ3v) is 4.01. The number of ether oxygens (including phenoxy) is 2. The van der Waals surface area contributed by atoms with Gasteiger partial charge in [0.25, 0.3) is 0 Å². The van der Waals surface area contributed by atoms with E-state index in [4.69, 9.17) is 9.47 Å². The first kappa shape index (κ1) is 21.4. The molecule has 3 heteroatoms. The van der Waals surface area contributed by atoms with E-state index in [0.29, 0.717) is 6.61 Å². The molecular formula is C22H34O3. The van der Waals surface area contributed by atoms with E-state index in [0.717, 1.165) is 6.42 Å². The molecule has 1 rings (SSSR count). The van der Waals surface area contributed by atoms with Crippen molar-refractivity contribution in [3.05, 3.63) is 48.6 Å². The third kappa shape index (κ3) is 11.5. The second-order valence-electron chi connectivity index (χ2n) is 6.27. The van der Waals surface area contributed by atoms with Crippen LogP contribution in [0.25, 0.3) is 0 Å². The van der Waals surface area contributed by atoms with Crippen LogP contribution in [0.5, 0.6) is 0 Å². The predicted molar refractivity (Wildman–Crippen MR) is 104 cm³/mol. The molecule has 1 fully saturated rings. The zero-order valence-electron chi connectivity index (χ0n) is 15.9. The maximum Gasteiger partial charge on any atom is 0.338 e. The molecule has 2 unspecified atom stereocenters. The van der Waals surface area contributed by atoms with Crippen molar-refractivity contribution in [3.63, 3.8) is 0 Å². The van der Waals surface area contributed by atoms with Gasteiger partial charge in [-0.15, -0.1) is 0 Å². The molecule has 0 amide bonds. The van der Waals surface area contributed by atoms with Gasteiger partial charge < -0.3 is 9.47 Å². The highest BCUT2D eigenvalue weighted by atomic mass is 16.6. The van der Waals surface area contributed by atoms with E-state index in [9.17, 15) is 4.79 Å². The monoisotopic (exact) mass is 346 g/mol. The van der Waals surface area contributed by atoms with Crippen LogP contribution in [-0.2, 0) is 14.3 Å². The fourth-order valence-corrected chi connectivity index (χ4v) is 2.51. The van der Waals surface area contributed by atoms with E-state index >= 15 is 0 Å². The fourth-order valence-electron chi connectivity index (χ4n) is 2.51. The summed E-state index contributed by atoms with van der Waals surface area (Å²) in [6.45, 7) is 4.45. The van der Waals surface area contributed by atoms with Crippen LogP contribution < -0.4 is 0 Å². The molecule has 1 aliphatic heterocycles. The average Bonchev–Trinajstić information content (AvgIpc) is 3.38. The van der Waals surface area contributed by atoms with Crippen LogP contribution in [0.3, 0.4) is 0 Å². The number of carbonyl (C=O) groups is 1. The Bertz CT molecular complexity index is 460. The highest BCUT2D eigenvalue weighted by Crippen LogP contribution is 2.24. The van der Waals surface area contributed by atoms with Crippen molar-refractivity contribution in [3.8, 4) is 0 Å². The number of epoxide rings is 1. The number of esters is 1. The second-order valence-corrected chi connectivity index (χ2v) is 6.27. The Hall–Kier alpha value is -1.61. The van der Waals surface area contributed by atoms with E-state index in [1.807, 2.05) is 36.5 Å². The molecule has 3 nitrogen and oxygen atoms in total. The number of hydrogen-bond donors (Lipinski definition) is 0. The topological polar surface area (TPSA) is 38.8 Å². The fraction of sp³-hybridized carbons (Fsp3) is 0.591. The lowest BCUT2D eigenvalue weighted by molar-refractivity contribution is -0.144. The maximum absolute atomic E-state index is 11.4. The summed E-state index contributed by atoms with van der Waals surface area (Å²) in [5, 5.41) is 0. The van der Waals surface area contributed by atoms with Crippen molar-refractivity contribution in [1.29, 1.82) is 0 Å². The molecular weight excluding hydrogens is 312 g/mol. The van der Waals surface area contributed by atoms with Gasteiger partial charge in [-0.2, -0.15) is 0 Å².